The van der Waals surface area contributed by atoms with Gasteiger partial charge in [-0.25, -0.2) is 0 Å². The molecular formula is C13H9ClF3N3O3S. The highest BCUT2D eigenvalue weighted by Crippen LogP contribution is 2.34. The number of alkyl halides is 3. The second-order valence-corrected chi connectivity index (χ2v) is 6.18. The number of amidine groups is 1. The van der Waals surface area contributed by atoms with E-state index in [1.807, 2.05) is 0 Å². The first-order valence-corrected chi connectivity index (χ1v) is 7.59. The summed E-state index contributed by atoms with van der Waals surface area (Å²) in [7, 11) is 0. The van der Waals surface area contributed by atoms with Crippen LogP contribution in [0.15, 0.2) is 28.4 Å². The molecule has 0 aromatic heterocycles. The Morgan fingerprint density at radius 3 is 2.79 bits per heavy atom. The Bertz CT molecular complexity index is 737. The van der Waals surface area contributed by atoms with Crippen LogP contribution in [0.1, 0.15) is 17.5 Å². The molecule has 1 aromatic rings. The minimum Gasteiger partial charge on any atom is -0.481 e. The molecule has 11 heteroatoms. The molecule has 1 aromatic carbocycles. The van der Waals surface area contributed by atoms with E-state index in [9.17, 15) is 22.8 Å². The lowest BCUT2D eigenvalue weighted by atomic mass is 10.1. The van der Waals surface area contributed by atoms with Crippen LogP contribution in [0.2, 0.25) is 5.02 Å². The predicted molar refractivity (Wildman–Crippen MR) is 83.3 cm³/mol. The molecule has 1 aliphatic rings. The number of carboxylic acid groups (broad SMARTS) is 1. The molecular weight excluding hydrogens is 371 g/mol. The third-order valence-electron chi connectivity index (χ3n) is 2.79. The first-order chi connectivity index (χ1) is 11.2. The molecule has 0 saturated carbocycles. The van der Waals surface area contributed by atoms with E-state index in [0.29, 0.717) is 0 Å². The summed E-state index contributed by atoms with van der Waals surface area (Å²) in [4.78, 5) is 22.1. The minimum absolute atomic E-state index is 0.0764. The lowest BCUT2D eigenvalue weighted by Crippen LogP contribution is -2.26. The quantitative estimate of drug-likeness (QED) is 0.621. The van der Waals surface area contributed by atoms with E-state index in [1.165, 1.54) is 6.07 Å². The molecule has 1 fully saturated rings. The second kappa shape index (κ2) is 7.22. The molecule has 1 unspecified atom stereocenters. The third-order valence-corrected chi connectivity index (χ3v) is 4.19. The molecule has 1 aliphatic heterocycles. The van der Waals surface area contributed by atoms with Crippen molar-refractivity contribution >= 4 is 46.6 Å². The number of carboxylic acids is 1. The first kappa shape index (κ1) is 18.3. The summed E-state index contributed by atoms with van der Waals surface area (Å²) in [6, 6.07) is 3.24. The van der Waals surface area contributed by atoms with Crippen LogP contribution in [-0.2, 0) is 15.8 Å². The van der Waals surface area contributed by atoms with Gasteiger partial charge in [0.15, 0.2) is 5.17 Å². The van der Waals surface area contributed by atoms with Crippen molar-refractivity contribution in [2.24, 2.45) is 10.2 Å². The van der Waals surface area contributed by atoms with Gasteiger partial charge in [0.1, 0.15) is 5.25 Å². The number of thioether (sulfide) groups is 1. The Kier molecular flexibility index (Phi) is 5.50. The number of aliphatic carboxylic acids is 1. The molecule has 24 heavy (non-hydrogen) atoms. The van der Waals surface area contributed by atoms with E-state index in [1.54, 1.807) is 0 Å². The summed E-state index contributed by atoms with van der Waals surface area (Å²) in [5.74, 6) is -1.64. The first-order valence-electron chi connectivity index (χ1n) is 6.34. The summed E-state index contributed by atoms with van der Waals surface area (Å²) in [6.07, 6.45) is -3.90. The molecule has 1 heterocycles. The van der Waals surface area contributed by atoms with Crippen molar-refractivity contribution in [3.8, 4) is 0 Å². The lowest BCUT2D eigenvalue weighted by Gasteiger charge is -2.08. The molecule has 1 saturated heterocycles. The van der Waals surface area contributed by atoms with Crippen LogP contribution in [0.25, 0.3) is 0 Å². The van der Waals surface area contributed by atoms with Crippen LogP contribution in [0.3, 0.4) is 0 Å². The van der Waals surface area contributed by atoms with Crippen molar-refractivity contribution in [3.63, 3.8) is 0 Å². The molecule has 2 N–H and O–H groups in total. The van der Waals surface area contributed by atoms with Crippen molar-refractivity contribution in [2.45, 2.75) is 17.8 Å². The summed E-state index contributed by atoms with van der Waals surface area (Å²) in [5.41, 5.74) is -0.877. The zero-order valence-electron chi connectivity index (χ0n) is 11.7. The lowest BCUT2D eigenvalue weighted by molar-refractivity contribution is -0.138. The molecule has 128 valence electrons. The number of amides is 1. The molecule has 1 atom stereocenters. The fourth-order valence-electron chi connectivity index (χ4n) is 1.73. The zero-order chi connectivity index (χ0) is 17.9. The number of halogens is 4. The average molecular weight is 380 g/mol. The normalized spacial score (nSPS) is 19.9. The average Bonchev–Trinajstić information content (AvgIpc) is 2.79. The van der Waals surface area contributed by atoms with Gasteiger partial charge in [-0.2, -0.15) is 18.3 Å². The van der Waals surface area contributed by atoms with Gasteiger partial charge in [-0.05, 0) is 17.7 Å². The molecule has 0 aliphatic carbocycles. The standard InChI is InChI=1S/C13H9ClF3N3O3S/c14-8-2-1-6(3-7(8)13(15,16)17)5-18-20-12-19-11(23)9(24-12)4-10(21)22/h1-3,5,9H,4H2,(H,21,22)(H,19,20,23). The van der Waals surface area contributed by atoms with E-state index in [2.05, 4.69) is 15.5 Å². The SMILES string of the molecule is O=C(O)CC1SC(=NN=Cc2ccc(Cl)c(C(F)(F)F)c2)NC1=O. The van der Waals surface area contributed by atoms with Gasteiger partial charge in [-0.15, -0.1) is 5.10 Å². The molecule has 6 nitrogen and oxygen atoms in total. The summed E-state index contributed by atoms with van der Waals surface area (Å²) in [5, 5.41) is 17.1. The highest BCUT2D eigenvalue weighted by atomic mass is 35.5. The van der Waals surface area contributed by atoms with Gasteiger partial charge < -0.3 is 10.4 Å². The van der Waals surface area contributed by atoms with E-state index in [-0.39, 0.29) is 17.2 Å². The number of nitrogens with zero attached hydrogens (tertiary/aromatic N) is 2. The number of hydrogen-bond acceptors (Lipinski definition) is 5. The van der Waals surface area contributed by atoms with Gasteiger partial charge in [0.25, 0.3) is 0 Å². The molecule has 0 radical (unpaired) electrons. The van der Waals surface area contributed by atoms with Crippen LogP contribution in [0, 0.1) is 0 Å². The monoisotopic (exact) mass is 379 g/mol. The molecule has 0 spiro atoms. The zero-order valence-corrected chi connectivity index (χ0v) is 13.2. The smallest absolute Gasteiger partial charge is 0.417 e. The van der Waals surface area contributed by atoms with E-state index >= 15 is 0 Å². The van der Waals surface area contributed by atoms with Crippen LogP contribution >= 0.6 is 23.4 Å². The van der Waals surface area contributed by atoms with Gasteiger partial charge in [0.05, 0.1) is 23.2 Å². The van der Waals surface area contributed by atoms with E-state index < -0.39 is 33.9 Å². The number of nitrogens with one attached hydrogen (secondary N) is 1. The van der Waals surface area contributed by atoms with Crippen molar-refractivity contribution in [3.05, 3.63) is 34.3 Å². The fraction of sp³-hybridized carbons (Fsp3) is 0.231. The number of rotatable bonds is 4. The summed E-state index contributed by atoms with van der Waals surface area (Å²) >= 11 is 6.39. The van der Waals surface area contributed by atoms with Crippen LogP contribution in [-0.4, -0.2) is 33.6 Å². The summed E-state index contributed by atoms with van der Waals surface area (Å²) in [6.45, 7) is 0. The van der Waals surface area contributed by atoms with Crippen LogP contribution < -0.4 is 5.32 Å². The number of carbonyl (C=O) groups excluding carboxylic acids is 1. The van der Waals surface area contributed by atoms with Crippen LogP contribution in [0.4, 0.5) is 13.2 Å². The Hall–Kier alpha value is -2.07. The van der Waals surface area contributed by atoms with Crippen molar-refractivity contribution in [1.82, 2.24) is 5.32 Å². The largest absolute Gasteiger partial charge is 0.481 e. The second-order valence-electron chi connectivity index (χ2n) is 4.58. The van der Waals surface area contributed by atoms with Crippen molar-refractivity contribution in [1.29, 1.82) is 0 Å². The molecule has 0 bridgehead atoms. The maximum Gasteiger partial charge on any atom is 0.417 e. The van der Waals surface area contributed by atoms with Gasteiger partial charge in [0.2, 0.25) is 5.91 Å². The number of hydrogen-bond donors (Lipinski definition) is 2. The fourth-order valence-corrected chi connectivity index (χ4v) is 2.87. The van der Waals surface area contributed by atoms with Gasteiger partial charge in [0, 0.05) is 0 Å². The highest BCUT2D eigenvalue weighted by Gasteiger charge is 2.33. The Balaban J connectivity index is 2.10. The maximum absolute atomic E-state index is 12.7. The van der Waals surface area contributed by atoms with Crippen molar-refractivity contribution < 1.29 is 27.9 Å². The predicted octanol–water partition coefficient (Wildman–Crippen LogP) is 2.76. The Labute approximate surface area is 142 Å². The Morgan fingerprint density at radius 2 is 2.17 bits per heavy atom. The highest BCUT2D eigenvalue weighted by molar-refractivity contribution is 8.15. The molecule has 1 amide bonds. The van der Waals surface area contributed by atoms with E-state index in [4.69, 9.17) is 16.7 Å². The third kappa shape index (κ3) is 4.71. The van der Waals surface area contributed by atoms with Crippen molar-refractivity contribution in [2.75, 3.05) is 0 Å². The number of benzene rings is 1. The topological polar surface area (TPSA) is 91.1 Å². The Morgan fingerprint density at radius 1 is 1.46 bits per heavy atom. The maximum atomic E-state index is 12.7. The molecule has 2 rings (SSSR count). The summed E-state index contributed by atoms with van der Waals surface area (Å²) < 4.78 is 38.2. The van der Waals surface area contributed by atoms with E-state index in [0.717, 1.165) is 30.1 Å². The number of carbonyl (C=O) groups is 2. The van der Waals surface area contributed by atoms with Gasteiger partial charge >= 0.3 is 12.1 Å². The van der Waals surface area contributed by atoms with Gasteiger partial charge in [-0.1, -0.05) is 29.4 Å². The van der Waals surface area contributed by atoms with Crippen LogP contribution in [0.5, 0.6) is 0 Å². The van der Waals surface area contributed by atoms with Gasteiger partial charge in [-0.3, -0.25) is 9.59 Å². The minimum atomic E-state index is -4.59.